The Labute approximate surface area is 215 Å². The number of aromatic nitrogens is 3. The number of imidazole rings is 1. The molecular weight excluding hydrogens is 468 g/mol. The molecule has 0 radical (unpaired) electrons. The number of nitrogens with zero attached hydrogens (tertiary/aromatic N) is 3. The molecule has 0 unspecified atom stereocenters. The minimum Gasteiger partial charge on any atom is -0.391 e. The highest BCUT2D eigenvalue weighted by molar-refractivity contribution is 6.04. The van der Waals surface area contributed by atoms with E-state index in [1.54, 1.807) is 36.5 Å². The maximum absolute atomic E-state index is 13.2. The molecule has 2 aromatic heterocycles. The van der Waals surface area contributed by atoms with Crippen molar-refractivity contribution in [2.24, 2.45) is 11.5 Å². The van der Waals surface area contributed by atoms with Crippen molar-refractivity contribution in [2.75, 3.05) is 11.9 Å². The van der Waals surface area contributed by atoms with Crippen molar-refractivity contribution in [3.8, 4) is 22.7 Å². The van der Waals surface area contributed by atoms with Crippen molar-refractivity contribution in [3.63, 3.8) is 0 Å². The quantitative estimate of drug-likeness (QED) is 0.256. The number of carbonyl (C=O) groups is 2. The molecule has 4 rings (SSSR count). The number of hydrogen-bond donors (Lipinski definition) is 3. The molecule has 0 aliphatic rings. The third kappa shape index (κ3) is 7.02. The monoisotopic (exact) mass is 498 g/mol. The summed E-state index contributed by atoms with van der Waals surface area (Å²) in [6, 6.07) is 20.3. The number of pyridine rings is 1. The van der Waals surface area contributed by atoms with Gasteiger partial charge in [-0.05, 0) is 61.7 Å². The minimum absolute atomic E-state index is 0.105. The van der Waals surface area contributed by atoms with Gasteiger partial charge in [0.15, 0.2) is 0 Å². The van der Waals surface area contributed by atoms with Gasteiger partial charge in [-0.3, -0.25) is 14.7 Å². The number of hydrogen-bond acceptors (Lipinski definition) is 6. The molecule has 37 heavy (non-hydrogen) atoms. The van der Waals surface area contributed by atoms with E-state index < -0.39 is 6.09 Å². The Morgan fingerprint density at radius 3 is 2.46 bits per heavy atom. The van der Waals surface area contributed by atoms with Gasteiger partial charge in [-0.15, -0.1) is 0 Å². The molecule has 2 aromatic carbocycles. The van der Waals surface area contributed by atoms with Crippen LogP contribution in [-0.2, 0) is 6.42 Å². The van der Waals surface area contributed by atoms with Crippen LogP contribution in [0.1, 0.15) is 41.7 Å². The van der Waals surface area contributed by atoms with E-state index in [0.717, 1.165) is 54.6 Å². The first-order valence-electron chi connectivity index (χ1n) is 12.2. The summed E-state index contributed by atoms with van der Waals surface area (Å²) in [5, 5.41) is 2.98. The van der Waals surface area contributed by atoms with Crippen LogP contribution in [0, 0.1) is 0 Å². The van der Waals surface area contributed by atoms with Gasteiger partial charge in [0.2, 0.25) is 11.8 Å². The van der Waals surface area contributed by atoms with Crippen molar-refractivity contribution in [1.82, 2.24) is 14.5 Å². The highest BCUT2D eigenvalue weighted by atomic mass is 16.6. The molecule has 9 nitrogen and oxygen atoms in total. The van der Waals surface area contributed by atoms with Gasteiger partial charge in [0.05, 0.1) is 5.69 Å². The molecule has 0 bridgehead atoms. The Kier molecular flexibility index (Phi) is 8.62. The lowest BCUT2D eigenvalue weighted by atomic mass is 10.0. The molecule has 2 amide bonds. The van der Waals surface area contributed by atoms with Crippen LogP contribution < -0.4 is 21.5 Å². The average molecular weight is 499 g/mol. The molecule has 0 saturated heterocycles. The Bertz CT molecular complexity index is 1340. The van der Waals surface area contributed by atoms with E-state index >= 15 is 0 Å². The number of aryl methyl sites for hydroxylation is 1. The molecular formula is C28H30N6O3. The van der Waals surface area contributed by atoms with Gasteiger partial charge < -0.3 is 16.2 Å². The smallest absolute Gasteiger partial charge is 0.391 e. The van der Waals surface area contributed by atoms with Gasteiger partial charge in [-0.2, -0.15) is 0 Å². The molecule has 2 heterocycles. The maximum Gasteiger partial charge on any atom is 0.411 e. The number of anilines is 1. The van der Waals surface area contributed by atoms with Crippen LogP contribution in [0.25, 0.3) is 16.8 Å². The third-order valence-corrected chi connectivity index (χ3v) is 5.80. The second-order valence-electron chi connectivity index (χ2n) is 8.56. The Hall–Kier alpha value is -4.50. The number of rotatable bonds is 11. The molecule has 9 heteroatoms. The summed E-state index contributed by atoms with van der Waals surface area (Å²) in [7, 11) is 0. The van der Waals surface area contributed by atoms with Crippen LogP contribution in [0.3, 0.4) is 0 Å². The van der Waals surface area contributed by atoms with E-state index in [0.29, 0.717) is 18.1 Å². The second-order valence-corrected chi connectivity index (χ2v) is 8.56. The van der Waals surface area contributed by atoms with Crippen LogP contribution in [0.2, 0.25) is 0 Å². The number of nitrogens with one attached hydrogen (secondary N) is 1. The van der Waals surface area contributed by atoms with E-state index in [1.165, 1.54) is 0 Å². The van der Waals surface area contributed by atoms with Gasteiger partial charge in [0, 0.05) is 35.3 Å². The lowest BCUT2D eigenvalue weighted by Crippen LogP contribution is -2.16. The van der Waals surface area contributed by atoms with E-state index in [4.69, 9.17) is 21.2 Å². The van der Waals surface area contributed by atoms with E-state index in [-0.39, 0.29) is 11.8 Å². The number of primary amides is 1. The van der Waals surface area contributed by atoms with E-state index in [1.807, 2.05) is 47.2 Å². The number of benzene rings is 2. The zero-order chi connectivity index (χ0) is 26.0. The zero-order valence-electron chi connectivity index (χ0n) is 20.5. The van der Waals surface area contributed by atoms with Crippen molar-refractivity contribution in [1.29, 1.82) is 0 Å². The minimum atomic E-state index is -0.928. The normalized spacial score (nSPS) is 10.7. The summed E-state index contributed by atoms with van der Waals surface area (Å²) in [5.41, 5.74) is 14.5. The molecule has 0 aliphatic heterocycles. The van der Waals surface area contributed by atoms with Gasteiger partial charge in [-0.1, -0.05) is 43.2 Å². The van der Waals surface area contributed by atoms with Gasteiger partial charge in [0.25, 0.3) is 5.91 Å². The van der Waals surface area contributed by atoms with Gasteiger partial charge in [-0.25, -0.2) is 14.8 Å². The largest absolute Gasteiger partial charge is 0.411 e. The summed E-state index contributed by atoms with van der Waals surface area (Å²) < 4.78 is 6.68. The van der Waals surface area contributed by atoms with Gasteiger partial charge >= 0.3 is 6.09 Å². The lowest BCUT2D eigenvalue weighted by molar-refractivity contribution is 0.102. The molecule has 0 saturated carbocycles. The molecule has 0 aliphatic carbocycles. The summed E-state index contributed by atoms with van der Waals surface area (Å²) in [6.45, 7) is 0.714. The Morgan fingerprint density at radius 2 is 1.73 bits per heavy atom. The Balaban J connectivity index is 1.52. The first kappa shape index (κ1) is 25.6. The molecule has 190 valence electrons. The molecule has 0 spiro atoms. The van der Waals surface area contributed by atoms with Crippen molar-refractivity contribution >= 4 is 17.9 Å². The van der Waals surface area contributed by atoms with Crippen LogP contribution in [0.15, 0.2) is 79.1 Å². The Morgan fingerprint density at radius 1 is 0.919 bits per heavy atom. The average Bonchev–Trinajstić information content (AvgIpc) is 3.31. The van der Waals surface area contributed by atoms with Crippen LogP contribution in [0.5, 0.6) is 5.88 Å². The fourth-order valence-electron chi connectivity index (χ4n) is 3.96. The van der Waals surface area contributed by atoms with Crippen molar-refractivity contribution in [2.45, 2.75) is 32.1 Å². The van der Waals surface area contributed by atoms with Gasteiger partial charge in [0.1, 0.15) is 0 Å². The number of amides is 2. The van der Waals surface area contributed by atoms with Crippen molar-refractivity contribution < 1.29 is 14.3 Å². The SMILES string of the molecule is NCCCCCCc1cn(-c2ccccc2)c(NC(=O)c2cccc(-c3ccc(OC(N)=O)nc3)c2)n1. The number of carbonyl (C=O) groups excluding carboxylic acids is 2. The van der Waals surface area contributed by atoms with Crippen molar-refractivity contribution in [3.05, 3.63) is 90.4 Å². The number of ether oxygens (including phenoxy) is 1. The summed E-state index contributed by atoms with van der Waals surface area (Å²) in [5.74, 6) is 0.294. The topological polar surface area (TPSA) is 138 Å². The second kappa shape index (κ2) is 12.5. The standard InChI is InChI=1S/C28H30N6O3/c29-16-7-2-1-4-11-23-19-34(24-12-5-3-6-13-24)28(32-23)33-26(35)21-10-8-9-20(17-21)22-14-15-25(31-18-22)37-27(30)36/h3,5-6,8-10,12-15,17-19H,1-2,4,7,11,16,29H2,(H2,30,36)(H,32,33,35). The summed E-state index contributed by atoms with van der Waals surface area (Å²) in [6.07, 6.45) is 7.66. The first-order valence-corrected chi connectivity index (χ1v) is 12.2. The fraction of sp³-hybridized carbons (Fsp3) is 0.214. The summed E-state index contributed by atoms with van der Waals surface area (Å²) >= 11 is 0. The third-order valence-electron chi connectivity index (χ3n) is 5.80. The first-order chi connectivity index (χ1) is 18.0. The predicted octanol–water partition coefficient (Wildman–Crippen LogP) is 4.71. The number of unbranched alkanes of at least 4 members (excludes halogenated alkanes) is 3. The predicted molar refractivity (Wildman–Crippen MR) is 143 cm³/mol. The molecule has 4 aromatic rings. The van der Waals surface area contributed by atoms with E-state index in [9.17, 15) is 9.59 Å². The van der Waals surface area contributed by atoms with E-state index in [2.05, 4.69) is 10.3 Å². The highest BCUT2D eigenvalue weighted by Gasteiger charge is 2.15. The number of para-hydroxylation sites is 1. The molecule has 0 atom stereocenters. The molecule has 0 fully saturated rings. The van der Waals surface area contributed by atoms with Crippen LogP contribution >= 0.6 is 0 Å². The highest BCUT2D eigenvalue weighted by Crippen LogP contribution is 2.23. The summed E-state index contributed by atoms with van der Waals surface area (Å²) in [4.78, 5) is 33.0. The van der Waals surface area contributed by atoms with Crippen LogP contribution in [-0.4, -0.2) is 33.1 Å². The molecule has 5 N–H and O–H groups in total. The zero-order valence-corrected chi connectivity index (χ0v) is 20.5. The maximum atomic E-state index is 13.2. The lowest BCUT2D eigenvalue weighted by Gasteiger charge is -2.10. The number of nitrogens with two attached hydrogens (primary N) is 2. The van der Waals surface area contributed by atoms with Crippen LogP contribution in [0.4, 0.5) is 10.7 Å². The fourth-order valence-corrected chi connectivity index (χ4v) is 3.96.